The van der Waals surface area contributed by atoms with Crippen molar-refractivity contribution in [3.8, 4) is 11.5 Å². The molecule has 0 saturated heterocycles. The van der Waals surface area contributed by atoms with Crippen molar-refractivity contribution in [3.63, 3.8) is 0 Å². The zero-order valence-electron chi connectivity index (χ0n) is 12.9. The molecule has 4 nitrogen and oxygen atoms in total. The minimum Gasteiger partial charge on any atom is -0.465 e. The maximum absolute atomic E-state index is 5.78. The van der Waals surface area contributed by atoms with Crippen LogP contribution in [0, 0.1) is 0 Å². The summed E-state index contributed by atoms with van der Waals surface area (Å²) in [4.78, 5) is 8.52. The topological polar surface area (TPSA) is 43.7 Å². The van der Waals surface area contributed by atoms with Crippen LogP contribution < -0.4 is 9.47 Å². The summed E-state index contributed by atoms with van der Waals surface area (Å²) in [5, 5.41) is 0. The van der Waals surface area contributed by atoms with Crippen molar-refractivity contribution in [1.29, 1.82) is 0 Å². The van der Waals surface area contributed by atoms with Gasteiger partial charge in [0.15, 0.2) is 0 Å². The maximum Gasteiger partial charge on any atom is 0.222 e. The summed E-state index contributed by atoms with van der Waals surface area (Å²) in [6.45, 7) is 0. The average molecular weight is 316 g/mol. The molecule has 0 bridgehead atoms. The molecule has 24 heavy (non-hydrogen) atoms. The first-order chi connectivity index (χ1) is 11.9. The standard InChI is InChI=1S/C20H16N2O2/c1-3-8-17(9-4-1)22-20(24-19-12-7-14-21-16-19)13-15-23-18-10-5-2-6-11-18/h1-16H. The number of benzene rings is 2. The zero-order valence-corrected chi connectivity index (χ0v) is 12.9. The Kier molecular flexibility index (Phi) is 5.35. The third-order valence-electron chi connectivity index (χ3n) is 3.01. The lowest BCUT2D eigenvalue weighted by Gasteiger charge is -2.05. The predicted molar refractivity (Wildman–Crippen MR) is 94.6 cm³/mol. The van der Waals surface area contributed by atoms with Crippen molar-refractivity contribution in [2.75, 3.05) is 0 Å². The van der Waals surface area contributed by atoms with E-state index in [1.54, 1.807) is 30.8 Å². The molecule has 2 aromatic carbocycles. The van der Waals surface area contributed by atoms with Crippen molar-refractivity contribution in [2.24, 2.45) is 4.99 Å². The van der Waals surface area contributed by atoms with Gasteiger partial charge in [0.25, 0.3) is 0 Å². The summed E-state index contributed by atoms with van der Waals surface area (Å²) in [5.74, 6) is 1.76. The number of nitrogens with zero attached hydrogens (tertiary/aromatic N) is 2. The van der Waals surface area contributed by atoms with Crippen molar-refractivity contribution in [2.45, 2.75) is 0 Å². The Hall–Kier alpha value is -3.40. The van der Waals surface area contributed by atoms with Gasteiger partial charge in [0.1, 0.15) is 11.5 Å². The molecular formula is C20H16N2O2. The van der Waals surface area contributed by atoms with Gasteiger partial charge in [-0.25, -0.2) is 4.99 Å². The Bertz CT molecular complexity index is 801. The van der Waals surface area contributed by atoms with E-state index in [4.69, 9.17) is 9.47 Å². The van der Waals surface area contributed by atoms with Crippen LogP contribution in [0.5, 0.6) is 11.5 Å². The molecule has 3 aromatic rings. The first-order valence-corrected chi connectivity index (χ1v) is 7.50. The highest BCUT2D eigenvalue weighted by molar-refractivity contribution is 5.91. The molecular weight excluding hydrogens is 300 g/mol. The van der Waals surface area contributed by atoms with E-state index in [0.717, 1.165) is 11.4 Å². The van der Waals surface area contributed by atoms with E-state index in [1.165, 1.54) is 0 Å². The lowest BCUT2D eigenvalue weighted by molar-refractivity contribution is 0.478. The number of pyridine rings is 1. The fourth-order valence-corrected chi connectivity index (χ4v) is 1.92. The van der Waals surface area contributed by atoms with Gasteiger partial charge in [0.2, 0.25) is 5.90 Å². The van der Waals surface area contributed by atoms with Crippen LogP contribution in [0.2, 0.25) is 0 Å². The molecule has 4 heteroatoms. The SMILES string of the molecule is C(=CC(=Nc1ccccc1)Oc1cccnc1)Oc1ccccc1. The van der Waals surface area contributed by atoms with Gasteiger partial charge in [-0.2, -0.15) is 0 Å². The monoisotopic (exact) mass is 316 g/mol. The number of aliphatic imine (C=N–C) groups is 1. The number of rotatable bonds is 5. The molecule has 1 heterocycles. The fraction of sp³-hybridized carbons (Fsp3) is 0. The molecule has 0 saturated carbocycles. The van der Waals surface area contributed by atoms with Gasteiger partial charge in [-0.15, -0.1) is 0 Å². The maximum atomic E-state index is 5.78. The van der Waals surface area contributed by atoms with E-state index in [0.29, 0.717) is 11.6 Å². The van der Waals surface area contributed by atoms with Gasteiger partial charge in [0, 0.05) is 12.3 Å². The Morgan fingerprint density at radius 2 is 1.54 bits per heavy atom. The van der Waals surface area contributed by atoms with Crippen LogP contribution in [0.25, 0.3) is 0 Å². The smallest absolute Gasteiger partial charge is 0.222 e. The van der Waals surface area contributed by atoms with Crippen LogP contribution in [-0.2, 0) is 0 Å². The number of hydrogen-bond acceptors (Lipinski definition) is 4. The number of aromatic nitrogens is 1. The zero-order chi connectivity index (χ0) is 16.5. The first-order valence-electron chi connectivity index (χ1n) is 7.50. The molecule has 0 unspecified atom stereocenters. The number of para-hydroxylation sites is 2. The summed E-state index contributed by atoms with van der Waals surface area (Å²) in [6, 6.07) is 22.7. The highest BCUT2D eigenvalue weighted by Gasteiger charge is 2.00. The third-order valence-corrected chi connectivity index (χ3v) is 3.01. The van der Waals surface area contributed by atoms with Crippen LogP contribution in [-0.4, -0.2) is 10.9 Å². The van der Waals surface area contributed by atoms with Crippen LogP contribution in [0.1, 0.15) is 0 Å². The van der Waals surface area contributed by atoms with Crippen molar-refractivity contribution < 1.29 is 9.47 Å². The molecule has 0 amide bonds. The summed E-state index contributed by atoms with van der Waals surface area (Å²) in [6.07, 6.45) is 6.54. The number of ether oxygens (including phenoxy) is 2. The van der Waals surface area contributed by atoms with Crippen molar-refractivity contribution in [3.05, 3.63) is 97.5 Å². The fourth-order valence-electron chi connectivity index (χ4n) is 1.92. The highest BCUT2D eigenvalue weighted by atomic mass is 16.5. The molecule has 1 aromatic heterocycles. The Labute approximate surface area is 140 Å². The van der Waals surface area contributed by atoms with Crippen LogP contribution in [0.15, 0.2) is 103 Å². The molecule has 0 radical (unpaired) electrons. The molecule has 118 valence electrons. The third kappa shape index (κ3) is 4.81. The quantitative estimate of drug-likeness (QED) is 0.386. The first kappa shape index (κ1) is 15.5. The number of hydrogen-bond donors (Lipinski definition) is 0. The molecule has 0 atom stereocenters. The molecule has 0 aliphatic carbocycles. The summed E-state index contributed by atoms with van der Waals surface area (Å²) >= 11 is 0. The van der Waals surface area contributed by atoms with E-state index in [2.05, 4.69) is 9.98 Å². The normalized spacial score (nSPS) is 11.4. The van der Waals surface area contributed by atoms with Gasteiger partial charge in [0.05, 0.1) is 18.1 Å². The lowest BCUT2D eigenvalue weighted by Crippen LogP contribution is -2.05. The second-order valence-corrected chi connectivity index (χ2v) is 4.81. The average Bonchev–Trinajstić information content (AvgIpc) is 2.64. The summed E-state index contributed by atoms with van der Waals surface area (Å²) in [7, 11) is 0. The lowest BCUT2D eigenvalue weighted by atomic mass is 10.3. The molecule has 0 fully saturated rings. The highest BCUT2D eigenvalue weighted by Crippen LogP contribution is 2.14. The Morgan fingerprint density at radius 1 is 0.833 bits per heavy atom. The minimum atomic E-state index is 0.408. The van der Waals surface area contributed by atoms with Crippen LogP contribution in [0.4, 0.5) is 5.69 Å². The van der Waals surface area contributed by atoms with Crippen molar-refractivity contribution >= 4 is 11.6 Å². The second-order valence-electron chi connectivity index (χ2n) is 4.81. The summed E-state index contributed by atoms with van der Waals surface area (Å²) < 4.78 is 11.3. The van der Waals surface area contributed by atoms with Gasteiger partial charge in [-0.1, -0.05) is 36.4 Å². The molecule has 0 aliphatic heterocycles. The van der Waals surface area contributed by atoms with E-state index in [1.807, 2.05) is 66.7 Å². The van der Waals surface area contributed by atoms with Crippen molar-refractivity contribution in [1.82, 2.24) is 4.98 Å². The Balaban J connectivity index is 1.78. The van der Waals surface area contributed by atoms with Crippen LogP contribution >= 0.6 is 0 Å². The molecule has 3 rings (SSSR count). The van der Waals surface area contributed by atoms with Gasteiger partial charge in [-0.3, -0.25) is 4.98 Å². The van der Waals surface area contributed by atoms with E-state index >= 15 is 0 Å². The van der Waals surface area contributed by atoms with Crippen LogP contribution in [0.3, 0.4) is 0 Å². The predicted octanol–water partition coefficient (Wildman–Crippen LogP) is 4.78. The second kappa shape index (κ2) is 8.29. The molecule has 0 spiro atoms. The Morgan fingerprint density at radius 3 is 2.25 bits per heavy atom. The van der Waals surface area contributed by atoms with Gasteiger partial charge < -0.3 is 9.47 Å². The van der Waals surface area contributed by atoms with E-state index < -0.39 is 0 Å². The minimum absolute atomic E-state index is 0.408. The van der Waals surface area contributed by atoms with Gasteiger partial charge >= 0.3 is 0 Å². The van der Waals surface area contributed by atoms with Gasteiger partial charge in [-0.05, 0) is 36.4 Å². The largest absolute Gasteiger partial charge is 0.465 e. The van der Waals surface area contributed by atoms with E-state index in [9.17, 15) is 0 Å². The summed E-state index contributed by atoms with van der Waals surface area (Å²) in [5.41, 5.74) is 0.792. The molecule has 0 N–H and O–H groups in total. The molecule has 0 aliphatic rings. The van der Waals surface area contributed by atoms with E-state index in [-0.39, 0.29) is 0 Å².